The molecule has 2 aromatic carbocycles. The Hall–Kier alpha value is -1.95. The van der Waals surface area contributed by atoms with Gasteiger partial charge in [-0.2, -0.15) is 0 Å². The van der Waals surface area contributed by atoms with E-state index in [0.717, 1.165) is 6.07 Å². The SMILES string of the molecule is Nc1cc(NC(=O)c2c(F)cccc2Br)ccc1F. The van der Waals surface area contributed by atoms with Crippen LogP contribution in [0.2, 0.25) is 0 Å². The molecule has 0 fully saturated rings. The van der Waals surface area contributed by atoms with Crippen molar-refractivity contribution in [2.24, 2.45) is 0 Å². The molecule has 0 spiro atoms. The fraction of sp³-hybridized carbons (Fsp3) is 0. The molecule has 0 heterocycles. The van der Waals surface area contributed by atoms with Crippen LogP contribution in [-0.2, 0) is 0 Å². The molecule has 3 nitrogen and oxygen atoms in total. The average molecular weight is 327 g/mol. The topological polar surface area (TPSA) is 55.1 Å². The van der Waals surface area contributed by atoms with Crippen molar-refractivity contribution in [3.05, 3.63) is 58.1 Å². The van der Waals surface area contributed by atoms with Gasteiger partial charge in [-0.3, -0.25) is 4.79 Å². The first kappa shape index (κ1) is 13.5. The predicted molar refractivity (Wildman–Crippen MR) is 72.9 cm³/mol. The van der Waals surface area contributed by atoms with Crippen molar-refractivity contribution in [3.63, 3.8) is 0 Å². The lowest BCUT2D eigenvalue weighted by molar-refractivity contribution is 0.102. The van der Waals surface area contributed by atoms with Gasteiger partial charge in [-0.25, -0.2) is 8.78 Å². The molecule has 0 aliphatic carbocycles. The van der Waals surface area contributed by atoms with Crippen LogP contribution < -0.4 is 11.1 Å². The number of rotatable bonds is 2. The molecular weight excluding hydrogens is 318 g/mol. The van der Waals surface area contributed by atoms with Crippen molar-refractivity contribution in [2.75, 3.05) is 11.1 Å². The molecule has 0 atom stereocenters. The van der Waals surface area contributed by atoms with Crippen LogP contribution in [0.3, 0.4) is 0 Å². The molecule has 0 saturated heterocycles. The van der Waals surface area contributed by atoms with Crippen molar-refractivity contribution in [3.8, 4) is 0 Å². The van der Waals surface area contributed by atoms with Gasteiger partial charge in [0, 0.05) is 10.2 Å². The number of anilines is 2. The molecule has 0 unspecified atom stereocenters. The highest BCUT2D eigenvalue weighted by Gasteiger charge is 2.15. The lowest BCUT2D eigenvalue weighted by Gasteiger charge is -2.08. The summed E-state index contributed by atoms with van der Waals surface area (Å²) in [6.07, 6.45) is 0. The lowest BCUT2D eigenvalue weighted by Crippen LogP contribution is -2.14. The molecule has 0 aromatic heterocycles. The summed E-state index contributed by atoms with van der Waals surface area (Å²) in [6.45, 7) is 0. The zero-order chi connectivity index (χ0) is 14.0. The van der Waals surface area contributed by atoms with Gasteiger partial charge in [0.2, 0.25) is 0 Å². The van der Waals surface area contributed by atoms with Gasteiger partial charge in [0.25, 0.3) is 5.91 Å². The first-order chi connectivity index (χ1) is 8.99. The fourth-order valence-corrected chi connectivity index (χ4v) is 2.05. The number of hydrogen-bond donors (Lipinski definition) is 2. The summed E-state index contributed by atoms with van der Waals surface area (Å²) in [5.41, 5.74) is 5.46. The first-order valence-electron chi connectivity index (χ1n) is 5.29. The second-order valence-corrected chi connectivity index (χ2v) is 4.64. The molecule has 0 aliphatic rings. The molecule has 19 heavy (non-hydrogen) atoms. The highest BCUT2D eigenvalue weighted by molar-refractivity contribution is 9.10. The number of benzene rings is 2. The van der Waals surface area contributed by atoms with E-state index in [1.54, 1.807) is 6.07 Å². The van der Waals surface area contributed by atoms with Gasteiger partial charge in [0.05, 0.1) is 11.3 Å². The third-order valence-corrected chi connectivity index (χ3v) is 3.10. The minimum absolute atomic E-state index is 0.0922. The number of hydrogen-bond acceptors (Lipinski definition) is 2. The average Bonchev–Trinajstić information content (AvgIpc) is 2.33. The normalized spacial score (nSPS) is 10.3. The van der Waals surface area contributed by atoms with Crippen molar-refractivity contribution >= 4 is 33.2 Å². The Bertz CT molecular complexity index is 626. The van der Waals surface area contributed by atoms with Crippen LogP contribution in [0.1, 0.15) is 10.4 Å². The number of halogens is 3. The molecule has 6 heteroatoms. The molecule has 2 rings (SSSR count). The Morgan fingerprint density at radius 2 is 1.89 bits per heavy atom. The largest absolute Gasteiger partial charge is 0.396 e. The number of carbonyl (C=O) groups is 1. The quantitative estimate of drug-likeness (QED) is 0.829. The van der Waals surface area contributed by atoms with E-state index in [4.69, 9.17) is 5.73 Å². The van der Waals surface area contributed by atoms with Gasteiger partial charge in [-0.15, -0.1) is 0 Å². The number of carbonyl (C=O) groups excluding carboxylic acids is 1. The first-order valence-corrected chi connectivity index (χ1v) is 6.08. The van der Waals surface area contributed by atoms with E-state index in [1.807, 2.05) is 0 Å². The minimum Gasteiger partial charge on any atom is -0.396 e. The number of nitrogens with one attached hydrogen (secondary N) is 1. The summed E-state index contributed by atoms with van der Waals surface area (Å²) in [7, 11) is 0. The maximum absolute atomic E-state index is 13.6. The summed E-state index contributed by atoms with van der Waals surface area (Å²) >= 11 is 3.10. The summed E-state index contributed by atoms with van der Waals surface area (Å²) in [5, 5.41) is 2.45. The maximum Gasteiger partial charge on any atom is 0.259 e. The number of nitrogens with two attached hydrogens (primary N) is 1. The van der Waals surface area contributed by atoms with E-state index in [-0.39, 0.29) is 11.3 Å². The second kappa shape index (κ2) is 5.36. The molecule has 3 N–H and O–H groups in total. The standard InChI is InChI=1S/C13H9BrF2N2O/c14-8-2-1-3-10(16)12(8)13(19)18-7-4-5-9(15)11(17)6-7/h1-6H,17H2,(H,18,19). The van der Waals surface area contributed by atoms with Gasteiger partial charge < -0.3 is 11.1 Å². The van der Waals surface area contributed by atoms with Crippen LogP contribution >= 0.6 is 15.9 Å². The summed E-state index contributed by atoms with van der Waals surface area (Å²) in [4.78, 5) is 11.9. The minimum atomic E-state index is -0.651. The molecule has 98 valence electrons. The molecule has 0 aliphatic heterocycles. The van der Waals surface area contributed by atoms with E-state index in [1.165, 1.54) is 24.3 Å². The van der Waals surface area contributed by atoms with Crippen molar-refractivity contribution < 1.29 is 13.6 Å². The third-order valence-electron chi connectivity index (χ3n) is 2.44. The molecule has 0 saturated carbocycles. The second-order valence-electron chi connectivity index (χ2n) is 3.79. The zero-order valence-electron chi connectivity index (χ0n) is 9.58. The summed E-state index contributed by atoms with van der Waals surface area (Å²) < 4.78 is 26.9. The highest BCUT2D eigenvalue weighted by Crippen LogP contribution is 2.22. The molecule has 0 bridgehead atoms. The Kier molecular flexibility index (Phi) is 3.80. The van der Waals surface area contributed by atoms with E-state index in [9.17, 15) is 13.6 Å². The Morgan fingerprint density at radius 1 is 1.16 bits per heavy atom. The Morgan fingerprint density at radius 3 is 2.53 bits per heavy atom. The van der Waals surface area contributed by atoms with Crippen molar-refractivity contribution in [2.45, 2.75) is 0 Å². The van der Waals surface area contributed by atoms with Crippen LogP contribution in [0.4, 0.5) is 20.2 Å². The van der Waals surface area contributed by atoms with E-state index < -0.39 is 17.5 Å². The number of amides is 1. The molecule has 0 radical (unpaired) electrons. The van der Waals surface area contributed by atoms with Gasteiger partial charge in [0.15, 0.2) is 0 Å². The zero-order valence-corrected chi connectivity index (χ0v) is 11.2. The van der Waals surface area contributed by atoms with Crippen LogP contribution in [0.15, 0.2) is 40.9 Å². The highest BCUT2D eigenvalue weighted by atomic mass is 79.9. The van der Waals surface area contributed by atoms with E-state index >= 15 is 0 Å². The van der Waals surface area contributed by atoms with Crippen molar-refractivity contribution in [1.29, 1.82) is 0 Å². The van der Waals surface area contributed by atoms with Crippen LogP contribution in [0, 0.1) is 11.6 Å². The Labute approximate surface area is 116 Å². The van der Waals surface area contributed by atoms with Gasteiger partial charge in [0.1, 0.15) is 11.6 Å². The fourth-order valence-electron chi connectivity index (χ4n) is 1.53. The summed E-state index contributed by atoms with van der Waals surface area (Å²) in [6, 6.07) is 7.95. The third kappa shape index (κ3) is 2.90. The van der Waals surface area contributed by atoms with Crippen LogP contribution in [0.5, 0.6) is 0 Å². The molecule has 2 aromatic rings. The molecule has 1 amide bonds. The molecular formula is C13H9BrF2N2O. The van der Waals surface area contributed by atoms with Crippen LogP contribution in [-0.4, -0.2) is 5.91 Å². The van der Waals surface area contributed by atoms with Gasteiger partial charge in [-0.05, 0) is 46.3 Å². The van der Waals surface area contributed by atoms with Gasteiger partial charge >= 0.3 is 0 Å². The smallest absolute Gasteiger partial charge is 0.259 e. The summed E-state index contributed by atoms with van der Waals surface area (Å²) in [5.74, 6) is -1.87. The Balaban J connectivity index is 2.28. The van der Waals surface area contributed by atoms with E-state index in [2.05, 4.69) is 21.2 Å². The number of nitrogen functional groups attached to an aromatic ring is 1. The predicted octanol–water partition coefficient (Wildman–Crippen LogP) is 3.56. The lowest BCUT2D eigenvalue weighted by atomic mass is 10.2. The maximum atomic E-state index is 13.6. The van der Waals surface area contributed by atoms with Crippen LogP contribution in [0.25, 0.3) is 0 Å². The monoisotopic (exact) mass is 326 g/mol. The van der Waals surface area contributed by atoms with E-state index in [0.29, 0.717) is 10.2 Å². The van der Waals surface area contributed by atoms with Crippen molar-refractivity contribution in [1.82, 2.24) is 0 Å². The van der Waals surface area contributed by atoms with Gasteiger partial charge in [-0.1, -0.05) is 6.07 Å².